The zero-order valence-electron chi connectivity index (χ0n) is 27.1. The number of rotatable bonds is 30. The van der Waals surface area contributed by atoms with Gasteiger partial charge in [-0.1, -0.05) is 117 Å². The molecule has 9 heteroatoms. The number of aliphatic hydroxyl groups excluding tert-OH is 6. The number of hydrogen-bond donors (Lipinski definition) is 6. The molecule has 0 heterocycles. The Morgan fingerprint density at radius 1 is 0.524 bits per heavy atom. The third-order valence-corrected chi connectivity index (χ3v) is 8.60. The molecule has 0 radical (unpaired) electrons. The van der Waals surface area contributed by atoms with E-state index in [4.69, 9.17) is 5.11 Å². The molecule has 254 valence electrons. The van der Waals surface area contributed by atoms with Crippen molar-refractivity contribution in [2.75, 3.05) is 32.8 Å². The van der Waals surface area contributed by atoms with E-state index in [9.17, 15) is 30.3 Å². The fourth-order valence-corrected chi connectivity index (χ4v) is 5.79. The number of amides is 1. The topological polar surface area (TPSA) is 138 Å². The number of carbonyl (C=O) groups is 1. The second-order valence-electron chi connectivity index (χ2n) is 12.3. The molecule has 0 saturated carbocycles. The summed E-state index contributed by atoms with van der Waals surface area (Å²) in [5.74, 6) is -0.581. The minimum absolute atomic E-state index is 0. The van der Waals surface area contributed by atoms with Crippen LogP contribution >= 0.6 is 0 Å². The Morgan fingerprint density at radius 2 is 0.857 bits per heavy atom. The van der Waals surface area contributed by atoms with Gasteiger partial charge in [0.2, 0.25) is 0 Å². The zero-order valence-corrected chi connectivity index (χ0v) is 27.9. The van der Waals surface area contributed by atoms with E-state index < -0.39 is 36.9 Å². The van der Waals surface area contributed by atoms with Gasteiger partial charge in [-0.05, 0) is 25.7 Å². The molecular weight excluding hydrogens is 558 g/mol. The van der Waals surface area contributed by atoms with E-state index >= 15 is 0 Å². The molecule has 0 saturated heterocycles. The Balaban J connectivity index is 0. The fraction of sp³-hybridized carbons (Fsp3) is 0.970. The molecule has 8 nitrogen and oxygen atoms in total. The van der Waals surface area contributed by atoms with E-state index in [1.165, 1.54) is 89.9 Å². The Morgan fingerprint density at radius 3 is 1.19 bits per heavy atom. The quantitative estimate of drug-likeness (QED) is 0.0530. The van der Waals surface area contributed by atoms with E-state index in [1.807, 2.05) is 0 Å². The number of nitrogens with zero attached hydrogens (tertiary/aromatic N) is 1. The van der Waals surface area contributed by atoms with Gasteiger partial charge in [0.1, 0.15) is 18.3 Å². The fourth-order valence-electron chi connectivity index (χ4n) is 5.79. The first kappa shape index (κ1) is 43.8. The smallest absolute Gasteiger partial charge is 0.345 e. The van der Waals surface area contributed by atoms with Crippen LogP contribution in [0.25, 0.3) is 0 Å². The summed E-state index contributed by atoms with van der Waals surface area (Å²) in [4.78, 5) is 13.7. The molecule has 1 amide bonds. The second kappa shape index (κ2) is 29.4. The van der Waals surface area contributed by atoms with Gasteiger partial charge in [0, 0.05) is 13.0 Å². The Kier molecular flexibility index (Phi) is 30.7. The van der Waals surface area contributed by atoms with Gasteiger partial charge in [-0.3, -0.25) is 4.48 Å². The maximum Gasteiger partial charge on any atom is 0.345 e. The third-order valence-electron chi connectivity index (χ3n) is 8.60. The number of aliphatic hydroxyl groups is 6. The first-order valence-electron chi connectivity index (χ1n) is 17.2. The highest BCUT2D eigenvalue weighted by atomic mass is 35.5. The van der Waals surface area contributed by atoms with Crippen LogP contribution in [0.5, 0.6) is 0 Å². The van der Waals surface area contributed by atoms with E-state index in [1.54, 1.807) is 0 Å². The predicted octanol–water partition coefficient (Wildman–Crippen LogP) is 1.99. The SMILES string of the molecule is CCCCCCCCCCCC[N+](CCCO)(CCCCCCCCCCCC)C(=O)[C@H](O)[C@@H](O)[C@H](O)[C@H](O)CO.[Cl-]. The molecule has 0 aromatic heterocycles. The number of hydrogen-bond acceptors (Lipinski definition) is 7. The zero-order chi connectivity index (χ0) is 30.8. The predicted molar refractivity (Wildman–Crippen MR) is 166 cm³/mol. The summed E-state index contributed by atoms with van der Waals surface area (Å²) in [7, 11) is 0. The summed E-state index contributed by atoms with van der Waals surface area (Å²) in [6.45, 7) is 4.95. The van der Waals surface area contributed by atoms with Crippen LogP contribution < -0.4 is 12.4 Å². The molecule has 0 aliphatic heterocycles. The second-order valence-corrected chi connectivity index (χ2v) is 12.3. The van der Waals surface area contributed by atoms with Crippen molar-refractivity contribution in [3.8, 4) is 0 Å². The Bertz CT molecular complexity index is 575. The molecular formula is C33H68ClNO7. The van der Waals surface area contributed by atoms with Crippen LogP contribution in [-0.4, -0.2) is 98.3 Å². The molecule has 42 heavy (non-hydrogen) atoms. The van der Waals surface area contributed by atoms with Crippen LogP contribution in [0.3, 0.4) is 0 Å². The van der Waals surface area contributed by atoms with Crippen molar-refractivity contribution in [3.05, 3.63) is 0 Å². The number of halogens is 1. The van der Waals surface area contributed by atoms with Crippen molar-refractivity contribution < 1.29 is 52.3 Å². The summed E-state index contributed by atoms with van der Waals surface area (Å²) in [6, 6.07) is 0. The summed E-state index contributed by atoms with van der Waals surface area (Å²) in [6.07, 6.45) is 16.4. The lowest BCUT2D eigenvalue weighted by Gasteiger charge is -2.39. The standard InChI is InChI=1S/C33H68NO7.ClH/c1-3-5-7-9-11-13-15-17-19-21-24-34(26-23-27-35,25-22-20-18-16-14-12-10-8-6-4-2)33(41)32(40)31(39)30(38)29(37)28-36;/h29-32,35-40H,3-28H2,1-2H3;1H/q+1;/p-1/t29-,30-,31+,32-;/m1./s1. The lowest BCUT2D eigenvalue weighted by Crippen LogP contribution is -3.00. The Labute approximate surface area is 263 Å². The van der Waals surface area contributed by atoms with Gasteiger partial charge in [0.05, 0.1) is 26.2 Å². The normalized spacial score (nSPS) is 14.8. The number of carbonyl (C=O) groups excluding carboxylic acids is 1. The molecule has 0 bridgehead atoms. The van der Waals surface area contributed by atoms with E-state index in [0.29, 0.717) is 26.1 Å². The first-order chi connectivity index (χ1) is 19.8. The summed E-state index contributed by atoms with van der Waals surface area (Å²) in [5, 5.41) is 60.0. The molecule has 0 aromatic rings. The highest BCUT2D eigenvalue weighted by Crippen LogP contribution is 2.22. The lowest BCUT2D eigenvalue weighted by molar-refractivity contribution is -0.857. The molecule has 0 spiro atoms. The van der Waals surface area contributed by atoms with Gasteiger partial charge in [0.25, 0.3) is 0 Å². The van der Waals surface area contributed by atoms with Gasteiger partial charge in [0.15, 0.2) is 6.10 Å². The van der Waals surface area contributed by atoms with Crippen LogP contribution in [0.1, 0.15) is 149 Å². The third kappa shape index (κ3) is 19.9. The Hall–Kier alpha value is -0.320. The van der Waals surface area contributed by atoms with Crippen molar-refractivity contribution in [2.45, 2.75) is 173 Å². The number of quaternary nitrogens is 1. The monoisotopic (exact) mass is 625 g/mol. The highest BCUT2D eigenvalue weighted by molar-refractivity contribution is 5.75. The minimum atomic E-state index is -1.91. The molecule has 0 unspecified atom stereocenters. The van der Waals surface area contributed by atoms with Crippen molar-refractivity contribution >= 4 is 5.91 Å². The molecule has 0 aliphatic carbocycles. The molecule has 0 rings (SSSR count). The van der Waals surface area contributed by atoms with Crippen LogP contribution in [0.15, 0.2) is 0 Å². The molecule has 6 N–H and O–H groups in total. The van der Waals surface area contributed by atoms with Crippen LogP contribution in [0, 0.1) is 0 Å². The molecule has 4 atom stereocenters. The maximum absolute atomic E-state index is 13.7. The van der Waals surface area contributed by atoms with Gasteiger partial charge in [-0.15, -0.1) is 0 Å². The van der Waals surface area contributed by atoms with Gasteiger partial charge in [-0.2, -0.15) is 0 Å². The van der Waals surface area contributed by atoms with Gasteiger partial charge < -0.3 is 43.0 Å². The van der Waals surface area contributed by atoms with Crippen molar-refractivity contribution in [3.63, 3.8) is 0 Å². The van der Waals surface area contributed by atoms with Gasteiger partial charge in [-0.25, -0.2) is 4.79 Å². The van der Waals surface area contributed by atoms with Crippen molar-refractivity contribution in [2.24, 2.45) is 0 Å². The summed E-state index contributed by atoms with van der Waals surface area (Å²) >= 11 is 0. The average molecular weight is 626 g/mol. The van der Waals surface area contributed by atoms with Crippen LogP contribution in [-0.2, 0) is 4.79 Å². The molecule has 0 aliphatic rings. The van der Waals surface area contributed by atoms with E-state index in [2.05, 4.69) is 13.8 Å². The molecule has 0 aromatic carbocycles. The van der Waals surface area contributed by atoms with Crippen LogP contribution in [0.4, 0.5) is 0 Å². The summed E-state index contributed by atoms with van der Waals surface area (Å²) in [5.41, 5.74) is 0. The van der Waals surface area contributed by atoms with E-state index in [0.717, 1.165) is 38.5 Å². The van der Waals surface area contributed by atoms with Crippen LogP contribution in [0.2, 0.25) is 0 Å². The van der Waals surface area contributed by atoms with Gasteiger partial charge >= 0.3 is 5.91 Å². The summed E-state index contributed by atoms with van der Waals surface area (Å²) < 4.78 is -0.0469. The number of unbranched alkanes of at least 4 members (excludes halogenated alkanes) is 18. The lowest BCUT2D eigenvalue weighted by atomic mass is 9.99. The van der Waals surface area contributed by atoms with Crippen molar-refractivity contribution in [1.82, 2.24) is 0 Å². The van der Waals surface area contributed by atoms with E-state index in [-0.39, 0.29) is 23.5 Å². The first-order valence-corrected chi connectivity index (χ1v) is 17.2. The molecule has 0 fully saturated rings. The minimum Gasteiger partial charge on any atom is -1.00 e. The van der Waals surface area contributed by atoms with Crippen molar-refractivity contribution in [1.29, 1.82) is 0 Å². The largest absolute Gasteiger partial charge is 1.00 e. The maximum atomic E-state index is 13.7. The highest BCUT2D eigenvalue weighted by Gasteiger charge is 2.45. The average Bonchev–Trinajstić information content (AvgIpc) is 2.99.